The topological polar surface area (TPSA) is 73.0 Å². The molecule has 0 fully saturated rings. The van der Waals surface area contributed by atoms with Gasteiger partial charge in [-0.25, -0.2) is 4.99 Å². The largest absolute Gasteiger partial charge is 0.506 e. The Morgan fingerprint density at radius 1 is 1.05 bits per heavy atom. The molecule has 0 bridgehead atoms. The zero-order chi connectivity index (χ0) is 26.6. The summed E-state index contributed by atoms with van der Waals surface area (Å²) in [4.78, 5) is 19.7. The second-order valence-electron chi connectivity index (χ2n) is 9.05. The van der Waals surface area contributed by atoms with E-state index in [9.17, 15) is 9.90 Å². The van der Waals surface area contributed by atoms with Gasteiger partial charge in [0.05, 0.1) is 34.1 Å². The Bertz CT molecular complexity index is 1820. The second kappa shape index (κ2) is 10.2. The lowest BCUT2D eigenvalue weighted by molar-refractivity contribution is 0.354. The third kappa shape index (κ3) is 4.28. The molecule has 6 nitrogen and oxygen atoms in total. The van der Waals surface area contributed by atoms with Crippen LogP contribution in [-0.2, 0) is 6.42 Å². The molecule has 9 heteroatoms. The highest BCUT2D eigenvalue weighted by Crippen LogP contribution is 2.42. The van der Waals surface area contributed by atoms with Crippen molar-refractivity contribution >= 4 is 68.3 Å². The van der Waals surface area contributed by atoms with Crippen LogP contribution in [-0.4, -0.2) is 23.9 Å². The van der Waals surface area contributed by atoms with Crippen molar-refractivity contribution in [2.75, 3.05) is 14.2 Å². The number of hydrogen-bond acceptors (Lipinski definition) is 6. The number of ether oxygens (including phenoxy) is 2. The summed E-state index contributed by atoms with van der Waals surface area (Å²) in [7, 11) is 3.23. The molecule has 192 valence electrons. The Morgan fingerprint density at radius 3 is 2.63 bits per heavy atom. The summed E-state index contributed by atoms with van der Waals surface area (Å²) < 4.78 is 15.1. The van der Waals surface area contributed by atoms with Crippen LogP contribution >= 0.6 is 56.5 Å². The molecule has 1 atom stereocenters. The van der Waals surface area contributed by atoms with Crippen molar-refractivity contribution in [1.82, 2.24) is 4.57 Å². The standard InChI is InChI=1S/C29H22I2N2O4S/c1-36-22-10-8-16(12-23(22)37-2)26-20-9-7-15-5-3-4-6-19(15)25(20)32-29-33(26)28(35)24(38-29)13-17-11-18(30)14-21(31)27(17)34/h3-6,8,10-14,26,34H,7,9H2,1-2H3/b24-13+/t26-/m1/s1. The van der Waals surface area contributed by atoms with Crippen LogP contribution in [0.15, 0.2) is 70.0 Å². The fourth-order valence-corrected chi connectivity index (χ4v) is 8.06. The van der Waals surface area contributed by atoms with Gasteiger partial charge in [0.2, 0.25) is 0 Å². The number of aromatic hydroxyl groups is 1. The van der Waals surface area contributed by atoms with E-state index >= 15 is 0 Å². The van der Waals surface area contributed by atoms with Gasteiger partial charge in [0.25, 0.3) is 5.56 Å². The molecule has 1 aliphatic heterocycles. The number of aryl methyl sites for hydroxylation is 1. The van der Waals surface area contributed by atoms with Gasteiger partial charge in [0.1, 0.15) is 5.75 Å². The van der Waals surface area contributed by atoms with E-state index in [-0.39, 0.29) is 17.4 Å². The quantitative estimate of drug-likeness (QED) is 0.290. The minimum absolute atomic E-state index is 0.132. The van der Waals surface area contributed by atoms with Crippen molar-refractivity contribution in [1.29, 1.82) is 0 Å². The molecule has 2 aliphatic rings. The van der Waals surface area contributed by atoms with Gasteiger partial charge >= 0.3 is 0 Å². The van der Waals surface area contributed by atoms with Crippen LogP contribution in [0.5, 0.6) is 17.2 Å². The number of methoxy groups -OCH3 is 2. The highest BCUT2D eigenvalue weighted by atomic mass is 127. The Hall–Kier alpha value is -2.64. The molecule has 0 unspecified atom stereocenters. The van der Waals surface area contributed by atoms with Gasteiger partial charge < -0.3 is 14.6 Å². The van der Waals surface area contributed by atoms with Crippen LogP contribution in [0.1, 0.15) is 34.7 Å². The molecule has 1 N–H and O–H groups in total. The number of thiazole rings is 1. The molecule has 6 rings (SSSR count). The lowest BCUT2D eigenvalue weighted by Gasteiger charge is -2.31. The Labute approximate surface area is 250 Å². The van der Waals surface area contributed by atoms with E-state index < -0.39 is 0 Å². The summed E-state index contributed by atoms with van der Waals surface area (Å²) in [6, 6.07) is 17.6. The molecule has 0 saturated heterocycles. The number of phenols is 1. The Kier molecular flexibility index (Phi) is 6.85. The number of fused-ring (bicyclic) bond motifs is 3. The van der Waals surface area contributed by atoms with Crippen LogP contribution in [0.2, 0.25) is 0 Å². The minimum atomic E-state index is -0.332. The van der Waals surface area contributed by atoms with Gasteiger partial charge in [0, 0.05) is 14.7 Å². The predicted molar refractivity (Wildman–Crippen MR) is 166 cm³/mol. The maximum atomic E-state index is 14.0. The minimum Gasteiger partial charge on any atom is -0.506 e. The smallest absolute Gasteiger partial charge is 0.271 e. The van der Waals surface area contributed by atoms with Gasteiger partial charge in [-0.15, -0.1) is 0 Å². The summed E-state index contributed by atoms with van der Waals surface area (Å²) in [5.41, 5.74) is 5.84. The normalized spacial score (nSPS) is 16.4. The first-order valence-electron chi connectivity index (χ1n) is 11.9. The maximum absolute atomic E-state index is 14.0. The summed E-state index contributed by atoms with van der Waals surface area (Å²) in [6.45, 7) is 0. The Morgan fingerprint density at radius 2 is 1.84 bits per heavy atom. The van der Waals surface area contributed by atoms with Crippen molar-refractivity contribution in [3.63, 3.8) is 0 Å². The summed E-state index contributed by atoms with van der Waals surface area (Å²) in [5, 5.41) is 10.7. The van der Waals surface area contributed by atoms with Crippen LogP contribution in [0.4, 0.5) is 0 Å². The average molecular weight is 748 g/mol. The van der Waals surface area contributed by atoms with Crippen LogP contribution in [0, 0.1) is 7.14 Å². The summed E-state index contributed by atoms with van der Waals surface area (Å²) in [6.07, 6.45) is 3.45. The number of halogens is 2. The van der Waals surface area contributed by atoms with Gasteiger partial charge in [0.15, 0.2) is 16.3 Å². The number of nitrogens with zero attached hydrogens (tertiary/aromatic N) is 2. The first-order valence-corrected chi connectivity index (χ1v) is 14.9. The lowest BCUT2D eigenvalue weighted by Crippen LogP contribution is -2.38. The number of hydrogen-bond donors (Lipinski definition) is 1. The van der Waals surface area contributed by atoms with E-state index in [0.717, 1.165) is 42.4 Å². The molecule has 1 aromatic heterocycles. The van der Waals surface area contributed by atoms with Crippen LogP contribution < -0.4 is 24.4 Å². The van der Waals surface area contributed by atoms with Crippen molar-refractivity contribution in [3.05, 3.63) is 109 Å². The average Bonchev–Trinajstić information content (AvgIpc) is 3.24. The lowest BCUT2D eigenvalue weighted by atomic mass is 9.83. The maximum Gasteiger partial charge on any atom is 0.271 e. The van der Waals surface area contributed by atoms with Crippen molar-refractivity contribution < 1.29 is 14.6 Å². The summed E-state index contributed by atoms with van der Waals surface area (Å²) >= 11 is 5.67. The molecule has 38 heavy (non-hydrogen) atoms. The highest BCUT2D eigenvalue weighted by molar-refractivity contribution is 14.1. The van der Waals surface area contributed by atoms with E-state index in [1.165, 1.54) is 16.9 Å². The first kappa shape index (κ1) is 25.6. The Balaban J connectivity index is 1.63. The number of phenolic OH excluding ortho intramolecular Hbond substituents is 1. The molecule has 2 heterocycles. The van der Waals surface area contributed by atoms with Crippen molar-refractivity contribution in [2.24, 2.45) is 4.99 Å². The SMILES string of the molecule is COc1ccc([C@@H]2C3=C(N=c4s/c(=C/c5cc(I)cc(I)c5O)c(=O)n42)c2ccccc2CC3)cc1OC. The van der Waals surface area contributed by atoms with Crippen molar-refractivity contribution in [3.8, 4) is 17.2 Å². The zero-order valence-electron chi connectivity index (χ0n) is 20.5. The van der Waals surface area contributed by atoms with E-state index in [0.29, 0.717) is 26.4 Å². The fraction of sp³-hybridized carbons (Fsp3) is 0.172. The summed E-state index contributed by atoms with van der Waals surface area (Å²) in [5.74, 6) is 1.41. The third-order valence-corrected chi connectivity index (χ3v) is 9.37. The molecule has 4 aromatic rings. The van der Waals surface area contributed by atoms with Gasteiger partial charge in [-0.1, -0.05) is 41.7 Å². The molecule has 0 amide bonds. The molecule has 0 spiro atoms. The van der Waals surface area contributed by atoms with Gasteiger partial charge in [-0.2, -0.15) is 0 Å². The van der Waals surface area contributed by atoms with Crippen LogP contribution in [0.3, 0.4) is 0 Å². The zero-order valence-corrected chi connectivity index (χ0v) is 25.6. The number of benzene rings is 3. The highest BCUT2D eigenvalue weighted by Gasteiger charge is 2.33. The first-order chi connectivity index (χ1) is 18.4. The third-order valence-electron chi connectivity index (χ3n) is 6.94. The molecular weight excluding hydrogens is 726 g/mol. The van der Waals surface area contributed by atoms with E-state index in [4.69, 9.17) is 14.5 Å². The van der Waals surface area contributed by atoms with Gasteiger partial charge in [-0.05, 0) is 105 Å². The van der Waals surface area contributed by atoms with Crippen LogP contribution in [0.25, 0.3) is 11.8 Å². The van der Waals surface area contributed by atoms with E-state index in [1.54, 1.807) is 24.9 Å². The van der Waals surface area contributed by atoms with E-state index in [1.807, 2.05) is 36.4 Å². The van der Waals surface area contributed by atoms with Gasteiger partial charge in [-0.3, -0.25) is 9.36 Å². The second-order valence-corrected chi connectivity index (χ2v) is 12.5. The van der Waals surface area contributed by atoms with E-state index in [2.05, 4.69) is 63.4 Å². The fourth-order valence-electron chi connectivity index (χ4n) is 5.18. The number of allylic oxidation sites excluding steroid dienone is 1. The van der Waals surface area contributed by atoms with Crippen molar-refractivity contribution in [2.45, 2.75) is 18.9 Å². The number of rotatable bonds is 4. The molecule has 0 radical (unpaired) electrons. The molecule has 0 saturated carbocycles. The predicted octanol–water partition coefficient (Wildman–Crippen LogP) is 5.25. The molecule has 1 aliphatic carbocycles. The molecular formula is C29H22I2N2O4S. The monoisotopic (exact) mass is 748 g/mol. The molecule has 3 aromatic carbocycles. The number of aromatic nitrogens is 1.